The van der Waals surface area contributed by atoms with Gasteiger partial charge in [-0.3, -0.25) is 11.3 Å². The van der Waals surface area contributed by atoms with Gasteiger partial charge in [0.2, 0.25) is 0 Å². The molecule has 0 saturated heterocycles. The molecule has 84 valence electrons. The minimum absolute atomic E-state index is 0.304. The highest BCUT2D eigenvalue weighted by Crippen LogP contribution is 2.39. The van der Waals surface area contributed by atoms with E-state index in [-0.39, 0.29) is 0 Å². The lowest BCUT2D eigenvalue weighted by atomic mass is 10.1. The summed E-state index contributed by atoms with van der Waals surface area (Å²) < 4.78 is 2.26. The number of nitrogens with one attached hydrogen (secondary N) is 1. The molecule has 1 aromatic rings. The standard InChI is InChI=1S/C10H14Br2N2S/c11-7-5-9(15-10(7)12)8(14-13)4-3-6-1-2-6/h5-6,8,14H,1-4,13H2. The Balaban J connectivity index is 1.97. The molecule has 3 N–H and O–H groups in total. The van der Waals surface area contributed by atoms with Gasteiger partial charge in [-0.25, -0.2) is 0 Å². The Morgan fingerprint density at radius 3 is 2.73 bits per heavy atom. The molecule has 0 spiro atoms. The summed E-state index contributed by atoms with van der Waals surface area (Å²) in [6.45, 7) is 0. The summed E-state index contributed by atoms with van der Waals surface area (Å²) in [6.07, 6.45) is 5.26. The lowest BCUT2D eigenvalue weighted by Gasteiger charge is -2.13. The van der Waals surface area contributed by atoms with Gasteiger partial charge in [0.15, 0.2) is 0 Å². The van der Waals surface area contributed by atoms with Crippen molar-refractivity contribution >= 4 is 43.2 Å². The molecule has 0 radical (unpaired) electrons. The zero-order valence-corrected chi connectivity index (χ0v) is 12.3. The van der Waals surface area contributed by atoms with Gasteiger partial charge in [-0.1, -0.05) is 12.8 Å². The summed E-state index contributed by atoms with van der Waals surface area (Å²) in [7, 11) is 0. The fraction of sp³-hybridized carbons (Fsp3) is 0.600. The first-order chi connectivity index (χ1) is 7.20. The highest BCUT2D eigenvalue weighted by molar-refractivity contribution is 9.13. The van der Waals surface area contributed by atoms with E-state index in [2.05, 4.69) is 43.4 Å². The van der Waals surface area contributed by atoms with Crippen molar-refractivity contribution in [2.45, 2.75) is 31.7 Å². The quantitative estimate of drug-likeness (QED) is 0.620. The lowest BCUT2D eigenvalue weighted by molar-refractivity contribution is 0.488. The monoisotopic (exact) mass is 352 g/mol. The predicted molar refractivity (Wildman–Crippen MR) is 71.7 cm³/mol. The average molecular weight is 354 g/mol. The van der Waals surface area contributed by atoms with Gasteiger partial charge in [0.1, 0.15) is 0 Å². The zero-order chi connectivity index (χ0) is 10.8. The Hall–Kier alpha value is 0.580. The van der Waals surface area contributed by atoms with Crippen LogP contribution in [0.5, 0.6) is 0 Å². The fourth-order valence-corrected chi connectivity index (χ4v) is 3.84. The molecule has 0 bridgehead atoms. The molecule has 1 aromatic heterocycles. The second-order valence-corrected chi connectivity index (χ2v) is 7.27. The second kappa shape index (κ2) is 5.27. The summed E-state index contributed by atoms with van der Waals surface area (Å²) in [4.78, 5) is 1.30. The van der Waals surface area contributed by atoms with E-state index in [1.54, 1.807) is 11.3 Å². The molecule has 0 aliphatic heterocycles. The molecule has 1 atom stereocenters. The maximum Gasteiger partial charge on any atom is 0.0843 e. The molecule has 0 amide bonds. The van der Waals surface area contributed by atoms with Crippen molar-refractivity contribution in [3.8, 4) is 0 Å². The van der Waals surface area contributed by atoms with E-state index in [0.29, 0.717) is 6.04 Å². The highest BCUT2D eigenvalue weighted by atomic mass is 79.9. The zero-order valence-electron chi connectivity index (χ0n) is 8.30. The van der Waals surface area contributed by atoms with Crippen LogP contribution in [-0.2, 0) is 0 Å². The van der Waals surface area contributed by atoms with Gasteiger partial charge in [-0.15, -0.1) is 11.3 Å². The summed E-state index contributed by atoms with van der Waals surface area (Å²) in [6, 6.07) is 2.45. The first-order valence-corrected chi connectivity index (χ1v) is 7.52. The maximum atomic E-state index is 5.60. The van der Waals surface area contributed by atoms with E-state index in [1.165, 1.54) is 24.1 Å². The second-order valence-electron chi connectivity index (χ2n) is 4.01. The molecule has 2 nitrogen and oxygen atoms in total. The molecule has 5 heteroatoms. The average Bonchev–Trinajstić information content (AvgIpc) is 2.96. The van der Waals surface area contributed by atoms with E-state index in [9.17, 15) is 0 Å². The summed E-state index contributed by atoms with van der Waals surface area (Å²) in [5, 5.41) is 0. The predicted octanol–water partition coefficient (Wildman–Crippen LogP) is 3.97. The molecule has 1 aliphatic rings. The smallest absolute Gasteiger partial charge is 0.0843 e. The van der Waals surface area contributed by atoms with E-state index < -0.39 is 0 Å². The number of hydrazine groups is 1. The maximum absolute atomic E-state index is 5.60. The van der Waals surface area contributed by atoms with Crippen molar-refractivity contribution in [1.29, 1.82) is 0 Å². The summed E-state index contributed by atoms with van der Waals surface area (Å²) >= 11 is 8.76. The van der Waals surface area contributed by atoms with Crippen LogP contribution in [0.1, 0.15) is 36.6 Å². The molecule has 15 heavy (non-hydrogen) atoms. The number of thiophene rings is 1. The van der Waals surface area contributed by atoms with Gasteiger partial charge in [-0.05, 0) is 56.7 Å². The van der Waals surface area contributed by atoms with Crippen LogP contribution in [0, 0.1) is 5.92 Å². The van der Waals surface area contributed by atoms with Crippen LogP contribution in [0.15, 0.2) is 14.3 Å². The number of hydrogen-bond donors (Lipinski definition) is 2. The Labute approximate surface area is 111 Å². The fourth-order valence-electron chi connectivity index (χ4n) is 1.65. The van der Waals surface area contributed by atoms with Crippen LogP contribution >= 0.6 is 43.2 Å². The number of halogens is 2. The van der Waals surface area contributed by atoms with Crippen molar-refractivity contribution in [2.75, 3.05) is 0 Å². The molecule has 1 fully saturated rings. The summed E-state index contributed by atoms with van der Waals surface area (Å²) in [5.41, 5.74) is 2.91. The minimum Gasteiger partial charge on any atom is -0.271 e. The number of rotatable bonds is 5. The molecule has 1 heterocycles. The molecule has 1 saturated carbocycles. The number of nitrogens with two attached hydrogens (primary N) is 1. The largest absolute Gasteiger partial charge is 0.271 e. The molecular weight excluding hydrogens is 340 g/mol. The molecule has 0 aromatic carbocycles. The first kappa shape index (κ1) is 12.0. The van der Waals surface area contributed by atoms with Crippen molar-refractivity contribution < 1.29 is 0 Å². The Bertz CT molecular complexity index is 317. The van der Waals surface area contributed by atoms with Crippen LogP contribution in [0.4, 0.5) is 0 Å². The van der Waals surface area contributed by atoms with Crippen LogP contribution < -0.4 is 11.3 Å². The van der Waals surface area contributed by atoms with Gasteiger partial charge in [-0.2, -0.15) is 0 Å². The van der Waals surface area contributed by atoms with Gasteiger partial charge in [0.05, 0.1) is 9.83 Å². The van der Waals surface area contributed by atoms with E-state index >= 15 is 0 Å². The third-order valence-electron chi connectivity index (χ3n) is 2.77. The third kappa shape index (κ3) is 3.27. The molecule has 1 aliphatic carbocycles. The Kier molecular flexibility index (Phi) is 4.24. The van der Waals surface area contributed by atoms with Crippen molar-refractivity contribution in [3.63, 3.8) is 0 Å². The SMILES string of the molecule is NNC(CCC1CC1)c1cc(Br)c(Br)s1. The van der Waals surface area contributed by atoms with E-state index in [0.717, 1.165) is 20.6 Å². The van der Waals surface area contributed by atoms with Crippen LogP contribution in [0.2, 0.25) is 0 Å². The van der Waals surface area contributed by atoms with Gasteiger partial charge in [0, 0.05) is 9.35 Å². The van der Waals surface area contributed by atoms with Crippen molar-refractivity contribution in [1.82, 2.24) is 5.43 Å². The van der Waals surface area contributed by atoms with E-state index in [4.69, 9.17) is 5.84 Å². The molecular formula is C10H14Br2N2S. The van der Waals surface area contributed by atoms with Crippen LogP contribution in [-0.4, -0.2) is 0 Å². The van der Waals surface area contributed by atoms with Gasteiger partial charge in [0.25, 0.3) is 0 Å². The van der Waals surface area contributed by atoms with E-state index in [1.807, 2.05) is 0 Å². The van der Waals surface area contributed by atoms with Crippen LogP contribution in [0.3, 0.4) is 0 Å². The molecule has 1 unspecified atom stereocenters. The van der Waals surface area contributed by atoms with Crippen LogP contribution in [0.25, 0.3) is 0 Å². The summed E-state index contributed by atoms with van der Waals surface area (Å²) in [5.74, 6) is 6.56. The highest BCUT2D eigenvalue weighted by Gasteiger charge is 2.23. The normalized spacial score (nSPS) is 18.1. The van der Waals surface area contributed by atoms with Gasteiger partial charge < -0.3 is 0 Å². The Morgan fingerprint density at radius 2 is 2.27 bits per heavy atom. The van der Waals surface area contributed by atoms with Crippen molar-refractivity contribution in [2.24, 2.45) is 11.8 Å². The Morgan fingerprint density at radius 1 is 1.53 bits per heavy atom. The molecule has 2 rings (SSSR count). The lowest BCUT2D eigenvalue weighted by Crippen LogP contribution is -2.27. The number of hydrogen-bond acceptors (Lipinski definition) is 3. The minimum atomic E-state index is 0.304. The van der Waals surface area contributed by atoms with Gasteiger partial charge >= 0.3 is 0 Å². The topological polar surface area (TPSA) is 38.0 Å². The first-order valence-electron chi connectivity index (χ1n) is 5.11. The third-order valence-corrected chi connectivity index (χ3v) is 6.14. The van der Waals surface area contributed by atoms with Crippen molar-refractivity contribution in [3.05, 3.63) is 19.2 Å².